The first-order chi connectivity index (χ1) is 18.0. The van der Waals surface area contributed by atoms with Crippen LogP contribution in [-0.4, -0.2) is 21.3 Å². The number of rotatable bonds is 4. The summed E-state index contributed by atoms with van der Waals surface area (Å²) in [5.41, 5.74) is 7.42. The first kappa shape index (κ1) is 25.8. The predicted octanol–water partition coefficient (Wildman–Crippen LogP) is 9.08. The van der Waals surface area contributed by atoms with E-state index < -0.39 is 0 Å². The summed E-state index contributed by atoms with van der Waals surface area (Å²) >= 11 is 1.66. The molecule has 5 aromatic rings. The Kier molecular flexibility index (Phi) is 6.66. The van der Waals surface area contributed by atoms with Crippen molar-refractivity contribution < 1.29 is 5.11 Å². The van der Waals surface area contributed by atoms with Crippen LogP contribution < -0.4 is 0 Å². The molecular weight excluding hydrogens is 486 g/mol. The van der Waals surface area contributed by atoms with E-state index in [0.717, 1.165) is 48.7 Å². The molecule has 1 N–H and O–H groups in total. The molecule has 2 aromatic heterocycles. The maximum Gasteiger partial charge on any atom is 0.128 e. The van der Waals surface area contributed by atoms with Gasteiger partial charge in [0.05, 0.1) is 15.9 Å². The van der Waals surface area contributed by atoms with Crippen molar-refractivity contribution in [3.05, 3.63) is 95.8 Å². The second-order valence-electron chi connectivity index (χ2n) is 11.7. The Morgan fingerprint density at radius 2 is 1.61 bits per heavy atom. The monoisotopic (exact) mass is 519 g/mol. The zero-order chi connectivity index (χ0) is 27.1. The van der Waals surface area contributed by atoms with E-state index in [4.69, 9.17) is 9.98 Å². The average molecular weight is 520 g/mol. The molecule has 4 nitrogen and oxygen atoms in total. The van der Waals surface area contributed by atoms with Crippen LogP contribution in [0.25, 0.3) is 31.9 Å². The van der Waals surface area contributed by atoms with Crippen molar-refractivity contribution in [2.45, 2.75) is 52.4 Å². The number of nitrogens with zero attached hydrogens (tertiary/aromatic N) is 3. The van der Waals surface area contributed by atoms with E-state index in [1.54, 1.807) is 23.7 Å². The quantitative estimate of drug-likeness (QED) is 0.241. The van der Waals surface area contributed by atoms with Gasteiger partial charge in [-0.15, -0.1) is 11.3 Å². The zero-order valence-electron chi connectivity index (χ0n) is 22.8. The summed E-state index contributed by atoms with van der Waals surface area (Å²) in [6.07, 6.45) is 5.44. The van der Waals surface area contributed by atoms with Crippen molar-refractivity contribution in [2.75, 3.05) is 0 Å². The molecule has 0 fully saturated rings. The van der Waals surface area contributed by atoms with Gasteiger partial charge in [0.15, 0.2) is 0 Å². The number of thiazole rings is 1. The summed E-state index contributed by atoms with van der Waals surface area (Å²) < 4.78 is 1.12. The Hall–Kier alpha value is -3.83. The summed E-state index contributed by atoms with van der Waals surface area (Å²) in [6.45, 7) is 12.9. The first-order valence-electron chi connectivity index (χ1n) is 12.8. The topological polar surface area (TPSA) is 58.4 Å². The molecule has 192 valence electrons. The molecule has 0 atom stereocenters. The van der Waals surface area contributed by atoms with E-state index in [9.17, 15) is 5.11 Å². The van der Waals surface area contributed by atoms with E-state index in [-0.39, 0.29) is 16.6 Å². The second kappa shape index (κ2) is 9.80. The van der Waals surface area contributed by atoms with Crippen LogP contribution in [0.3, 0.4) is 0 Å². The summed E-state index contributed by atoms with van der Waals surface area (Å²) in [5, 5.41) is 12.1. The molecule has 0 amide bonds. The van der Waals surface area contributed by atoms with Gasteiger partial charge in [-0.25, -0.2) is 4.98 Å². The van der Waals surface area contributed by atoms with Gasteiger partial charge in [-0.3, -0.25) is 9.98 Å². The third-order valence-electron chi connectivity index (χ3n) is 6.68. The number of aromatic nitrogens is 2. The molecule has 0 saturated heterocycles. The van der Waals surface area contributed by atoms with E-state index in [2.05, 4.69) is 89.0 Å². The molecule has 0 bridgehead atoms. The Labute approximate surface area is 228 Å². The van der Waals surface area contributed by atoms with Crippen LogP contribution in [0.5, 0.6) is 5.75 Å². The van der Waals surface area contributed by atoms with Gasteiger partial charge in [-0.05, 0) is 46.7 Å². The fourth-order valence-corrected chi connectivity index (χ4v) is 5.51. The van der Waals surface area contributed by atoms with Gasteiger partial charge in [0.2, 0.25) is 0 Å². The van der Waals surface area contributed by atoms with Crippen LogP contribution in [0.2, 0.25) is 0 Å². The predicted molar refractivity (Wildman–Crippen MR) is 161 cm³/mol. The number of aromatic hydroxyl groups is 1. The van der Waals surface area contributed by atoms with E-state index >= 15 is 0 Å². The number of aliphatic imine (C=N–C) groups is 1. The fourth-order valence-electron chi connectivity index (χ4n) is 4.48. The Balaban J connectivity index is 1.59. The van der Waals surface area contributed by atoms with Crippen LogP contribution in [0.1, 0.15) is 58.2 Å². The maximum absolute atomic E-state index is 11.2. The lowest BCUT2D eigenvalue weighted by Crippen LogP contribution is -2.17. The highest BCUT2D eigenvalue weighted by Gasteiger charge is 2.24. The Morgan fingerprint density at radius 1 is 0.842 bits per heavy atom. The van der Waals surface area contributed by atoms with Crippen molar-refractivity contribution in [1.82, 2.24) is 9.97 Å². The molecular formula is C33H33N3OS. The highest BCUT2D eigenvalue weighted by atomic mass is 32.1. The number of hydrogen-bond donors (Lipinski definition) is 1. The molecule has 38 heavy (non-hydrogen) atoms. The minimum absolute atomic E-state index is 0.0544. The van der Waals surface area contributed by atoms with E-state index in [0.29, 0.717) is 0 Å². The summed E-state index contributed by atoms with van der Waals surface area (Å²) in [6, 6.07) is 22.5. The van der Waals surface area contributed by atoms with Crippen LogP contribution in [0, 0.1) is 0 Å². The van der Waals surface area contributed by atoms with Gasteiger partial charge in [-0.1, -0.05) is 77.9 Å². The van der Waals surface area contributed by atoms with Crippen molar-refractivity contribution in [2.24, 2.45) is 4.99 Å². The lowest BCUT2D eigenvalue weighted by molar-refractivity contribution is 0.444. The number of pyridine rings is 1. The largest absolute Gasteiger partial charge is 0.507 e. The molecule has 0 spiro atoms. The minimum Gasteiger partial charge on any atom is -0.507 e. The standard InChI is InChI=1S/C33H33N3OS/c1-32(2,3)23-17-22(30(37)26(18-23)33(4,5)6)20-35-27-14-8-7-12-25(27)31-36-29-24(13-9-15-28(29)38-31)21-11-10-16-34-19-21/h7-20,37H,1-6H3. The third kappa shape index (κ3) is 5.11. The van der Waals surface area contributed by atoms with Crippen LogP contribution >= 0.6 is 11.3 Å². The van der Waals surface area contributed by atoms with Crippen molar-refractivity contribution in [3.63, 3.8) is 0 Å². The van der Waals surface area contributed by atoms with Crippen LogP contribution in [-0.2, 0) is 10.8 Å². The molecule has 5 heteroatoms. The summed E-state index contributed by atoms with van der Waals surface area (Å²) in [4.78, 5) is 14.2. The normalized spacial score (nSPS) is 12.5. The molecule has 0 aliphatic carbocycles. The number of hydrogen-bond acceptors (Lipinski definition) is 5. The van der Waals surface area contributed by atoms with Crippen molar-refractivity contribution in [1.29, 1.82) is 0 Å². The van der Waals surface area contributed by atoms with Gasteiger partial charge in [0, 0.05) is 46.4 Å². The first-order valence-corrected chi connectivity index (χ1v) is 13.7. The van der Waals surface area contributed by atoms with E-state index in [1.165, 1.54) is 5.56 Å². The number of fused-ring (bicyclic) bond motifs is 1. The fraction of sp³-hybridized carbons (Fsp3) is 0.242. The average Bonchev–Trinajstić information content (AvgIpc) is 3.32. The molecule has 2 heterocycles. The molecule has 0 saturated carbocycles. The molecule has 0 radical (unpaired) electrons. The molecule has 3 aromatic carbocycles. The molecule has 0 aliphatic rings. The van der Waals surface area contributed by atoms with Crippen molar-refractivity contribution >= 4 is 33.5 Å². The Morgan fingerprint density at radius 3 is 2.32 bits per heavy atom. The van der Waals surface area contributed by atoms with Gasteiger partial charge in [0.1, 0.15) is 10.8 Å². The highest BCUT2D eigenvalue weighted by Crippen LogP contribution is 2.40. The smallest absolute Gasteiger partial charge is 0.128 e. The number of benzene rings is 3. The minimum atomic E-state index is -0.196. The second-order valence-corrected chi connectivity index (χ2v) is 12.7. The third-order valence-corrected chi connectivity index (χ3v) is 7.74. The number of para-hydroxylation sites is 2. The summed E-state index contributed by atoms with van der Waals surface area (Å²) in [5.74, 6) is 0.285. The van der Waals surface area contributed by atoms with Gasteiger partial charge < -0.3 is 5.11 Å². The number of phenolic OH excluding ortho intramolecular Hbond substituents is 1. The maximum atomic E-state index is 11.2. The summed E-state index contributed by atoms with van der Waals surface area (Å²) in [7, 11) is 0. The van der Waals surface area contributed by atoms with Crippen molar-refractivity contribution in [3.8, 4) is 27.4 Å². The Bertz CT molecular complexity index is 1640. The highest BCUT2D eigenvalue weighted by molar-refractivity contribution is 7.21. The molecule has 0 aliphatic heterocycles. The zero-order valence-corrected chi connectivity index (χ0v) is 23.6. The lowest BCUT2D eigenvalue weighted by Gasteiger charge is -2.27. The molecule has 0 unspecified atom stereocenters. The SMILES string of the molecule is CC(C)(C)c1cc(C=Nc2ccccc2-c2nc3c(-c4cccnc4)cccc3s2)c(O)c(C(C)(C)C)c1. The van der Waals surface area contributed by atoms with Crippen LogP contribution in [0.4, 0.5) is 5.69 Å². The molecule has 5 rings (SSSR count). The van der Waals surface area contributed by atoms with Gasteiger partial charge in [0.25, 0.3) is 0 Å². The lowest BCUT2D eigenvalue weighted by atomic mass is 9.79. The van der Waals surface area contributed by atoms with Gasteiger partial charge in [-0.2, -0.15) is 0 Å². The van der Waals surface area contributed by atoms with Gasteiger partial charge >= 0.3 is 0 Å². The van der Waals surface area contributed by atoms with Crippen LogP contribution in [0.15, 0.2) is 84.1 Å². The van der Waals surface area contributed by atoms with E-state index in [1.807, 2.05) is 30.5 Å². The number of phenols is 1.